The van der Waals surface area contributed by atoms with Crippen molar-refractivity contribution in [3.8, 4) is 23.0 Å². The van der Waals surface area contributed by atoms with Gasteiger partial charge in [-0.3, -0.25) is 0 Å². The number of rotatable bonds is 9. The zero-order chi connectivity index (χ0) is 26.4. The third kappa shape index (κ3) is 5.29. The molecule has 1 heterocycles. The summed E-state index contributed by atoms with van der Waals surface area (Å²) < 4.78 is 27.0. The first-order valence-corrected chi connectivity index (χ1v) is 11.9. The van der Waals surface area contributed by atoms with Crippen LogP contribution in [0, 0.1) is 5.92 Å². The van der Waals surface area contributed by atoms with Crippen LogP contribution >= 0.6 is 0 Å². The van der Waals surface area contributed by atoms with Crippen LogP contribution in [0.1, 0.15) is 43.0 Å². The summed E-state index contributed by atoms with van der Waals surface area (Å²) in [6, 6.07) is 7.86. The minimum atomic E-state index is -0.759. The minimum absolute atomic E-state index is 0.0950. The van der Waals surface area contributed by atoms with E-state index in [0.717, 1.165) is 16.7 Å². The quantitative estimate of drug-likeness (QED) is 0.521. The molecule has 0 saturated carbocycles. The molecule has 9 nitrogen and oxygen atoms in total. The van der Waals surface area contributed by atoms with E-state index in [0.29, 0.717) is 42.4 Å². The van der Waals surface area contributed by atoms with Gasteiger partial charge >= 0.3 is 12.0 Å². The van der Waals surface area contributed by atoms with E-state index in [1.165, 1.54) is 7.11 Å². The molecule has 3 atom stereocenters. The number of benzene rings is 2. The molecule has 3 unspecified atom stereocenters. The first-order chi connectivity index (χ1) is 17.3. The molecule has 36 heavy (non-hydrogen) atoms. The summed E-state index contributed by atoms with van der Waals surface area (Å²) in [6.45, 7) is 4.31. The maximum absolute atomic E-state index is 13.7. The molecule has 2 aromatic rings. The van der Waals surface area contributed by atoms with Gasteiger partial charge in [0.2, 0.25) is 0 Å². The molecule has 1 N–H and O–H groups in total. The van der Waals surface area contributed by atoms with E-state index in [9.17, 15) is 9.59 Å². The van der Waals surface area contributed by atoms with Crippen LogP contribution in [0.3, 0.4) is 0 Å². The predicted octanol–water partition coefficient (Wildman–Crippen LogP) is 3.97. The molecular formula is C27H36N2O7. The van der Waals surface area contributed by atoms with E-state index in [1.807, 2.05) is 44.2 Å². The highest BCUT2D eigenvalue weighted by molar-refractivity contribution is 5.84. The normalized spacial score (nSPS) is 16.3. The number of hydrogen-bond acceptors (Lipinski definition) is 7. The van der Waals surface area contributed by atoms with Gasteiger partial charge < -0.3 is 33.9 Å². The maximum Gasteiger partial charge on any atom is 0.328 e. The van der Waals surface area contributed by atoms with Crippen LogP contribution in [0.4, 0.5) is 4.79 Å². The first-order valence-electron chi connectivity index (χ1n) is 11.9. The largest absolute Gasteiger partial charge is 0.493 e. The van der Waals surface area contributed by atoms with Crippen LogP contribution < -0.4 is 24.3 Å². The predicted molar refractivity (Wildman–Crippen MR) is 135 cm³/mol. The van der Waals surface area contributed by atoms with Crippen molar-refractivity contribution in [3.05, 3.63) is 47.0 Å². The highest BCUT2D eigenvalue weighted by Gasteiger charge is 2.36. The number of hydrogen-bond donors (Lipinski definition) is 1. The Morgan fingerprint density at radius 2 is 1.56 bits per heavy atom. The number of carbonyl (C=O) groups is 2. The Morgan fingerprint density at radius 1 is 0.944 bits per heavy atom. The van der Waals surface area contributed by atoms with Crippen molar-refractivity contribution in [1.29, 1.82) is 0 Å². The topological polar surface area (TPSA) is 95.6 Å². The van der Waals surface area contributed by atoms with Gasteiger partial charge in [-0.05, 0) is 53.3 Å². The van der Waals surface area contributed by atoms with Gasteiger partial charge in [0.15, 0.2) is 23.0 Å². The highest BCUT2D eigenvalue weighted by atomic mass is 16.5. The van der Waals surface area contributed by atoms with Gasteiger partial charge in [0, 0.05) is 6.54 Å². The van der Waals surface area contributed by atoms with Crippen molar-refractivity contribution in [3.63, 3.8) is 0 Å². The van der Waals surface area contributed by atoms with Crippen LogP contribution in [0.15, 0.2) is 30.3 Å². The van der Waals surface area contributed by atoms with Gasteiger partial charge in [0.05, 0.1) is 41.6 Å². The van der Waals surface area contributed by atoms with Gasteiger partial charge in [0.25, 0.3) is 0 Å². The lowest BCUT2D eigenvalue weighted by Gasteiger charge is -2.39. The van der Waals surface area contributed by atoms with E-state index < -0.39 is 18.1 Å². The van der Waals surface area contributed by atoms with E-state index in [2.05, 4.69) is 5.32 Å². The fourth-order valence-corrected chi connectivity index (χ4v) is 4.56. The molecule has 0 saturated heterocycles. The number of fused-ring (bicyclic) bond motifs is 1. The van der Waals surface area contributed by atoms with Crippen molar-refractivity contribution in [1.82, 2.24) is 10.2 Å². The summed E-state index contributed by atoms with van der Waals surface area (Å²) in [7, 11) is 7.65. The second kappa shape index (κ2) is 11.9. The number of amides is 2. The highest BCUT2D eigenvalue weighted by Crippen LogP contribution is 2.42. The molecule has 0 bridgehead atoms. The van der Waals surface area contributed by atoms with Crippen LogP contribution in [0.2, 0.25) is 0 Å². The van der Waals surface area contributed by atoms with Crippen molar-refractivity contribution in [2.75, 3.05) is 42.1 Å². The second-order valence-electron chi connectivity index (χ2n) is 8.70. The smallest absolute Gasteiger partial charge is 0.328 e. The lowest BCUT2D eigenvalue weighted by Crippen LogP contribution is -2.53. The molecule has 0 aliphatic carbocycles. The van der Waals surface area contributed by atoms with E-state index in [1.54, 1.807) is 33.3 Å². The molecule has 2 aromatic carbocycles. The van der Waals surface area contributed by atoms with Crippen molar-refractivity contribution >= 4 is 12.0 Å². The molecule has 0 radical (unpaired) electrons. The molecule has 0 fully saturated rings. The van der Waals surface area contributed by atoms with Crippen molar-refractivity contribution in [2.24, 2.45) is 5.92 Å². The van der Waals surface area contributed by atoms with E-state index in [-0.39, 0.29) is 11.9 Å². The number of esters is 1. The number of nitrogens with zero attached hydrogens (tertiary/aromatic N) is 1. The average Bonchev–Trinajstić information content (AvgIpc) is 2.92. The third-order valence-corrected chi connectivity index (χ3v) is 6.80. The van der Waals surface area contributed by atoms with Gasteiger partial charge in [-0.1, -0.05) is 26.3 Å². The molecule has 1 aliphatic heterocycles. The lowest BCUT2D eigenvalue weighted by atomic mass is 9.87. The maximum atomic E-state index is 13.7. The summed E-state index contributed by atoms with van der Waals surface area (Å²) >= 11 is 0. The molecule has 1 aliphatic rings. The lowest BCUT2D eigenvalue weighted by molar-refractivity contribution is -0.144. The fourth-order valence-electron chi connectivity index (χ4n) is 4.56. The summed E-state index contributed by atoms with van der Waals surface area (Å²) in [5.41, 5.74) is 2.77. The third-order valence-electron chi connectivity index (χ3n) is 6.80. The molecular weight excluding hydrogens is 464 g/mol. The number of nitrogens with one attached hydrogen (secondary N) is 1. The standard InChI is InChI=1S/C27H36N2O7/c1-8-16(2)24(26(30)36-7)28-27(31)29-12-11-17-13-22(34-5)23(35-6)15-19(17)25(29)18-9-10-20(32-3)21(14-18)33-4/h9-10,13-16,24-25H,8,11-12H2,1-7H3,(H,28,31). The summed E-state index contributed by atoms with van der Waals surface area (Å²) in [5.74, 6) is 1.77. The summed E-state index contributed by atoms with van der Waals surface area (Å²) in [4.78, 5) is 27.9. The van der Waals surface area contributed by atoms with Gasteiger partial charge in [0.1, 0.15) is 6.04 Å². The number of ether oxygens (including phenoxy) is 5. The zero-order valence-electron chi connectivity index (χ0n) is 22.0. The van der Waals surface area contributed by atoms with Gasteiger partial charge in [-0.15, -0.1) is 0 Å². The molecule has 2 amide bonds. The fraction of sp³-hybridized carbons (Fsp3) is 0.481. The monoisotopic (exact) mass is 500 g/mol. The van der Waals surface area contributed by atoms with Crippen LogP contribution in [-0.2, 0) is 16.0 Å². The summed E-state index contributed by atoms with van der Waals surface area (Å²) in [6.07, 6.45) is 1.32. The summed E-state index contributed by atoms with van der Waals surface area (Å²) in [5, 5.41) is 2.92. The Hall–Kier alpha value is -3.62. The Bertz CT molecular complexity index is 1090. The number of carbonyl (C=O) groups excluding carboxylic acids is 2. The second-order valence-corrected chi connectivity index (χ2v) is 8.70. The number of methoxy groups -OCH3 is 5. The zero-order valence-corrected chi connectivity index (χ0v) is 22.0. The Balaban J connectivity index is 2.11. The van der Waals surface area contributed by atoms with E-state index in [4.69, 9.17) is 23.7 Å². The van der Waals surface area contributed by atoms with Gasteiger partial charge in [-0.25, -0.2) is 9.59 Å². The van der Waals surface area contributed by atoms with Crippen LogP contribution in [-0.4, -0.2) is 65.0 Å². The molecule has 0 spiro atoms. The average molecular weight is 501 g/mol. The van der Waals surface area contributed by atoms with Crippen molar-refractivity contribution in [2.45, 2.75) is 38.8 Å². The molecule has 196 valence electrons. The van der Waals surface area contributed by atoms with E-state index >= 15 is 0 Å². The molecule has 0 aromatic heterocycles. The molecule has 3 rings (SSSR count). The Kier molecular flexibility index (Phi) is 8.90. The van der Waals surface area contributed by atoms with Crippen molar-refractivity contribution < 1.29 is 33.3 Å². The van der Waals surface area contributed by atoms with Gasteiger partial charge in [-0.2, -0.15) is 0 Å². The molecule has 9 heteroatoms. The minimum Gasteiger partial charge on any atom is -0.493 e. The Morgan fingerprint density at radius 3 is 2.14 bits per heavy atom. The van der Waals surface area contributed by atoms with Crippen LogP contribution in [0.25, 0.3) is 0 Å². The first kappa shape index (κ1) is 27.0. The SMILES string of the molecule is CCC(C)C(NC(=O)N1CCc2cc(OC)c(OC)cc2C1c1ccc(OC)c(OC)c1)C(=O)OC. The van der Waals surface area contributed by atoms with Crippen LogP contribution in [0.5, 0.6) is 23.0 Å². The Labute approximate surface area is 212 Å². The number of urea groups is 1.